The van der Waals surface area contributed by atoms with Crippen molar-refractivity contribution >= 4 is 0 Å². The lowest BCUT2D eigenvalue weighted by atomic mass is 10.1. The van der Waals surface area contributed by atoms with Crippen molar-refractivity contribution in [2.24, 2.45) is 0 Å². The van der Waals surface area contributed by atoms with Crippen LogP contribution < -0.4 is 10.1 Å². The van der Waals surface area contributed by atoms with Crippen LogP contribution in [-0.2, 0) is 13.0 Å². The predicted molar refractivity (Wildman–Crippen MR) is 76.9 cm³/mol. The van der Waals surface area contributed by atoms with Gasteiger partial charge >= 0.3 is 0 Å². The molecular formula is C15H21N3O. The molecule has 0 radical (unpaired) electrons. The summed E-state index contributed by atoms with van der Waals surface area (Å²) in [7, 11) is 3.64. The number of ether oxygens (including phenoxy) is 1. The Bertz CT molecular complexity index is 534. The minimum Gasteiger partial charge on any atom is -0.497 e. The molecule has 0 saturated carbocycles. The third kappa shape index (κ3) is 2.96. The van der Waals surface area contributed by atoms with E-state index in [9.17, 15) is 0 Å². The molecular weight excluding hydrogens is 238 g/mol. The quantitative estimate of drug-likeness (QED) is 0.866. The largest absolute Gasteiger partial charge is 0.497 e. The van der Waals surface area contributed by atoms with Crippen LogP contribution in [0, 0.1) is 0 Å². The highest BCUT2D eigenvalue weighted by atomic mass is 16.5. The molecule has 1 heterocycles. The summed E-state index contributed by atoms with van der Waals surface area (Å²) >= 11 is 0. The van der Waals surface area contributed by atoms with Crippen LogP contribution in [0.1, 0.15) is 24.6 Å². The van der Waals surface area contributed by atoms with Crippen molar-refractivity contribution in [3.05, 3.63) is 41.7 Å². The zero-order valence-corrected chi connectivity index (χ0v) is 11.8. The second-order valence-electron chi connectivity index (χ2n) is 4.51. The highest BCUT2D eigenvalue weighted by Gasteiger charge is 2.11. The fourth-order valence-corrected chi connectivity index (χ4v) is 2.21. The average molecular weight is 259 g/mol. The van der Waals surface area contributed by atoms with E-state index in [0.717, 1.165) is 30.8 Å². The van der Waals surface area contributed by atoms with Crippen molar-refractivity contribution in [2.45, 2.75) is 26.3 Å². The molecule has 0 amide bonds. The molecule has 4 heteroatoms. The van der Waals surface area contributed by atoms with E-state index in [2.05, 4.69) is 23.4 Å². The smallest absolute Gasteiger partial charge is 0.121 e. The van der Waals surface area contributed by atoms with Crippen molar-refractivity contribution in [3.63, 3.8) is 0 Å². The third-order valence-corrected chi connectivity index (χ3v) is 3.11. The average Bonchev–Trinajstić information content (AvgIpc) is 2.83. The van der Waals surface area contributed by atoms with Crippen molar-refractivity contribution < 1.29 is 4.74 Å². The molecule has 19 heavy (non-hydrogen) atoms. The maximum Gasteiger partial charge on any atom is 0.121 e. The van der Waals surface area contributed by atoms with Crippen LogP contribution in [0.25, 0.3) is 5.69 Å². The summed E-state index contributed by atoms with van der Waals surface area (Å²) in [4.78, 5) is 0. The van der Waals surface area contributed by atoms with Crippen molar-refractivity contribution in [3.8, 4) is 11.4 Å². The SMILES string of the molecule is CCCc1c(CNC)cnn1-c1cccc(OC)c1. The van der Waals surface area contributed by atoms with Crippen molar-refractivity contribution in [1.29, 1.82) is 0 Å². The van der Waals surface area contributed by atoms with Gasteiger partial charge in [-0.3, -0.25) is 0 Å². The molecule has 0 aliphatic rings. The molecule has 0 bridgehead atoms. The maximum atomic E-state index is 5.28. The minimum atomic E-state index is 0.847. The number of aromatic nitrogens is 2. The molecule has 4 nitrogen and oxygen atoms in total. The Morgan fingerprint density at radius 2 is 2.21 bits per heavy atom. The first kappa shape index (κ1) is 13.6. The number of nitrogens with one attached hydrogen (secondary N) is 1. The summed E-state index contributed by atoms with van der Waals surface area (Å²) in [6.45, 7) is 3.03. The second-order valence-corrected chi connectivity index (χ2v) is 4.51. The van der Waals surface area contributed by atoms with Gasteiger partial charge in [0, 0.05) is 23.9 Å². The summed E-state index contributed by atoms with van der Waals surface area (Å²) in [5.41, 5.74) is 3.57. The number of hydrogen-bond donors (Lipinski definition) is 1. The van der Waals surface area contributed by atoms with E-state index in [4.69, 9.17) is 4.74 Å². The van der Waals surface area contributed by atoms with Crippen LogP contribution in [0.15, 0.2) is 30.5 Å². The Balaban J connectivity index is 2.42. The van der Waals surface area contributed by atoms with Gasteiger partial charge in [-0.25, -0.2) is 4.68 Å². The molecule has 2 rings (SSSR count). The highest BCUT2D eigenvalue weighted by Crippen LogP contribution is 2.20. The van der Waals surface area contributed by atoms with Gasteiger partial charge < -0.3 is 10.1 Å². The van der Waals surface area contributed by atoms with Gasteiger partial charge in [-0.05, 0) is 25.6 Å². The lowest BCUT2D eigenvalue weighted by molar-refractivity contribution is 0.414. The molecule has 0 atom stereocenters. The second kappa shape index (κ2) is 6.38. The first-order valence-corrected chi connectivity index (χ1v) is 6.65. The van der Waals surface area contributed by atoms with Crippen molar-refractivity contribution in [1.82, 2.24) is 15.1 Å². The standard InChI is InChI=1S/C15H21N3O/c1-4-6-15-12(10-16-2)11-17-18(15)13-7-5-8-14(9-13)19-3/h5,7-9,11,16H,4,6,10H2,1-3H3. The topological polar surface area (TPSA) is 39.1 Å². The molecule has 2 aromatic rings. The summed E-state index contributed by atoms with van der Waals surface area (Å²) in [6.07, 6.45) is 4.07. The zero-order chi connectivity index (χ0) is 13.7. The molecule has 0 saturated heterocycles. The molecule has 0 unspecified atom stereocenters. The van der Waals surface area contributed by atoms with E-state index in [0.29, 0.717) is 0 Å². The number of benzene rings is 1. The summed E-state index contributed by atoms with van der Waals surface area (Å²) in [5, 5.41) is 7.71. The zero-order valence-electron chi connectivity index (χ0n) is 11.8. The normalized spacial score (nSPS) is 10.7. The van der Waals surface area contributed by atoms with Gasteiger partial charge in [0.15, 0.2) is 0 Å². The fraction of sp³-hybridized carbons (Fsp3) is 0.400. The summed E-state index contributed by atoms with van der Waals surface area (Å²) < 4.78 is 7.29. The van der Waals surface area contributed by atoms with Gasteiger partial charge in [0.05, 0.1) is 19.0 Å². The van der Waals surface area contributed by atoms with Gasteiger partial charge in [0.25, 0.3) is 0 Å². The number of rotatable bonds is 6. The third-order valence-electron chi connectivity index (χ3n) is 3.11. The highest BCUT2D eigenvalue weighted by molar-refractivity contribution is 5.41. The van der Waals surface area contributed by atoms with E-state index in [-0.39, 0.29) is 0 Å². The predicted octanol–water partition coefficient (Wildman–Crippen LogP) is 2.55. The van der Waals surface area contributed by atoms with E-state index in [1.165, 1.54) is 11.3 Å². The molecule has 0 spiro atoms. The van der Waals surface area contributed by atoms with Gasteiger partial charge in [-0.15, -0.1) is 0 Å². The van der Waals surface area contributed by atoms with Gasteiger partial charge in [0.1, 0.15) is 5.75 Å². The van der Waals surface area contributed by atoms with Crippen LogP contribution in [0.3, 0.4) is 0 Å². The van der Waals surface area contributed by atoms with Gasteiger partial charge in [-0.2, -0.15) is 5.10 Å². The summed E-state index contributed by atoms with van der Waals surface area (Å²) in [5.74, 6) is 0.852. The van der Waals surface area contributed by atoms with E-state index < -0.39 is 0 Å². The Labute approximate surface area is 114 Å². The van der Waals surface area contributed by atoms with Crippen molar-refractivity contribution in [2.75, 3.05) is 14.2 Å². The number of hydrogen-bond acceptors (Lipinski definition) is 3. The van der Waals surface area contributed by atoms with E-state index >= 15 is 0 Å². The minimum absolute atomic E-state index is 0.847. The summed E-state index contributed by atoms with van der Waals surface area (Å²) in [6, 6.07) is 8.00. The lowest BCUT2D eigenvalue weighted by Crippen LogP contribution is -2.09. The monoisotopic (exact) mass is 259 g/mol. The molecule has 0 aliphatic heterocycles. The Morgan fingerprint density at radius 3 is 2.89 bits per heavy atom. The van der Waals surface area contributed by atoms with E-state index in [1.807, 2.05) is 36.1 Å². The Morgan fingerprint density at radius 1 is 1.37 bits per heavy atom. The number of nitrogens with zero attached hydrogens (tertiary/aromatic N) is 2. The molecule has 1 aromatic carbocycles. The van der Waals surface area contributed by atoms with Gasteiger partial charge in [-0.1, -0.05) is 19.4 Å². The maximum absolute atomic E-state index is 5.28. The van der Waals surface area contributed by atoms with E-state index in [1.54, 1.807) is 7.11 Å². The molecule has 1 N–H and O–H groups in total. The number of methoxy groups -OCH3 is 1. The Hall–Kier alpha value is -1.81. The molecule has 0 aliphatic carbocycles. The van der Waals surface area contributed by atoms with Crippen LogP contribution in [0.2, 0.25) is 0 Å². The van der Waals surface area contributed by atoms with Crippen LogP contribution in [-0.4, -0.2) is 23.9 Å². The molecule has 1 aromatic heterocycles. The first-order valence-electron chi connectivity index (χ1n) is 6.65. The van der Waals surface area contributed by atoms with Gasteiger partial charge in [0.2, 0.25) is 0 Å². The first-order chi connectivity index (χ1) is 9.30. The molecule has 102 valence electrons. The van der Waals surface area contributed by atoms with Crippen LogP contribution >= 0.6 is 0 Å². The van der Waals surface area contributed by atoms with Crippen LogP contribution in [0.4, 0.5) is 0 Å². The van der Waals surface area contributed by atoms with Crippen LogP contribution in [0.5, 0.6) is 5.75 Å². The lowest BCUT2D eigenvalue weighted by Gasteiger charge is -2.10. The fourth-order valence-electron chi connectivity index (χ4n) is 2.21. The Kier molecular flexibility index (Phi) is 4.58. The molecule has 0 fully saturated rings.